The van der Waals surface area contributed by atoms with Gasteiger partial charge in [-0.25, -0.2) is 13.2 Å². The van der Waals surface area contributed by atoms with Gasteiger partial charge in [0.15, 0.2) is 0 Å². The fraction of sp³-hybridized carbons (Fsp3) is 0.364. The Hall–Kier alpha value is -3.07. The lowest BCUT2D eigenvalue weighted by molar-refractivity contribution is 0.0569. The van der Waals surface area contributed by atoms with Crippen molar-refractivity contribution in [2.45, 2.75) is 25.7 Å². The fourth-order valence-electron chi connectivity index (χ4n) is 3.40. The summed E-state index contributed by atoms with van der Waals surface area (Å²) in [7, 11) is -3.85. The molecule has 0 radical (unpaired) electrons. The van der Waals surface area contributed by atoms with Gasteiger partial charge < -0.3 is 14.5 Å². The standard InChI is InChI=1S/C22H27N3O5S/c1-4-30-22(27)25-12-10-24(11-13-25)21(26)20-15-19(9-8-17(20)3)31(28,29)23-18-7-5-6-16(2)14-18/h5-9,14-15,23H,4,10-13H2,1-3H3. The molecule has 2 amide bonds. The van der Waals surface area contributed by atoms with E-state index in [9.17, 15) is 18.0 Å². The zero-order valence-corrected chi connectivity index (χ0v) is 18.7. The maximum atomic E-state index is 13.1. The number of piperazine rings is 1. The second kappa shape index (κ2) is 9.38. The first-order valence-electron chi connectivity index (χ1n) is 10.1. The maximum Gasteiger partial charge on any atom is 0.409 e. The van der Waals surface area contributed by atoms with Crippen molar-refractivity contribution in [3.8, 4) is 0 Å². The van der Waals surface area contributed by atoms with Gasteiger partial charge in [0, 0.05) is 37.4 Å². The van der Waals surface area contributed by atoms with Gasteiger partial charge in [0.2, 0.25) is 0 Å². The highest BCUT2D eigenvalue weighted by Gasteiger charge is 2.27. The summed E-state index contributed by atoms with van der Waals surface area (Å²) in [6, 6.07) is 11.6. The molecule has 1 aliphatic rings. The predicted molar refractivity (Wildman–Crippen MR) is 118 cm³/mol. The van der Waals surface area contributed by atoms with Crippen LogP contribution in [0.15, 0.2) is 47.4 Å². The summed E-state index contributed by atoms with van der Waals surface area (Å²) < 4.78 is 33.3. The highest BCUT2D eigenvalue weighted by molar-refractivity contribution is 7.92. The van der Waals surface area contributed by atoms with Gasteiger partial charge in [-0.2, -0.15) is 0 Å². The molecular weight excluding hydrogens is 418 g/mol. The van der Waals surface area contributed by atoms with Gasteiger partial charge in [-0.1, -0.05) is 18.2 Å². The van der Waals surface area contributed by atoms with Gasteiger partial charge in [-0.05, 0) is 56.2 Å². The lowest BCUT2D eigenvalue weighted by atomic mass is 10.1. The fourth-order valence-corrected chi connectivity index (χ4v) is 4.47. The normalized spacial score (nSPS) is 14.3. The van der Waals surface area contributed by atoms with Crippen molar-refractivity contribution >= 4 is 27.7 Å². The zero-order chi connectivity index (χ0) is 22.6. The number of anilines is 1. The molecule has 2 aromatic rings. The number of ether oxygens (including phenoxy) is 1. The molecule has 1 heterocycles. The van der Waals surface area contributed by atoms with Crippen molar-refractivity contribution in [3.05, 3.63) is 59.2 Å². The number of sulfonamides is 1. The van der Waals surface area contributed by atoms with Crippen LogP contribution in [0.4, 0.5) is 10.5 Å². The van der Waals surface area contributed by atoms with Gasteiger partial charge in [0.25, 0.3) is 15.9 Å². The van der Waals surface area contributed by atoms with E-state index in [1.165, 1.54) is 12.1 Å². The van der Waals surface area contributed by atoms with Crippen molar-refractivity contribution in [1.29, 1.82) is 0 Å². The molecule has 9 heteroatoms. The molecule has 31 heavy (non-hydrogen) atoms. The molecule has 1 aliphatic heterocycles. The van der Waals surface area contributed by atoms with Crippen molar-refractivity contribution < 1.29 is 22.7 Å². The van der Waals surface area contributed by atoms with E-state index in [0.29, 0.717) is 49.6 Å². The van der Waals surface area contributed by atoms with E-state index in [4.69, 9.17) is 4.74 Å². The number of aryl methyl sites for hydroxylation is 2. The summed E-state index contributed by atoms with van der Waals surface area (Å²) >= 11 is 0. The smallest absolute Gasteiger partial charge is 0.409 e. The van der Waals surface area contributed by atoms with Gasteiger partial charge in [0.05, 0.1) is 11.5 Å². The number of hydrogen-bond donors (Lipinski definition) is 1. The molecule has 0 aliphatic carbocycles. The van der Waals surface area contributed by atoms with Crippen LogP contribution in [-0.4, -0.2) is 63.0 Å². The van der Waals surface area contributed by atoms with Gasteiger partial charge in [-0.3, -0.25) is 9.52 Å². The molecule has 8 nitrogen and oxygen atoms in total. The number of carbonyl (C=O) groups excluding carboxylic acids is 2. The SMILES string of the molecule is CCOC(=O)N1CCN(C(=O)c2cc(S(=O)(=O)Nc3cccc(C)c3)ccc2C)CC1. The molecule has 2 aromatic carbocycles. The minimum atomic E-state index is -3.85. The first-order chi connectivity index (χ1) is 14.7. The third kappa shape index (κ3) is 5.35. The zero-order valence-electron chi connectivity index (χ0n) is 17.9. The number of carbonyl (C=O) groups is 2. The summed E-state index contributed by atoms with van der Waals surface area (Å²) in [6.45, 7) is 7.15. The van der Waals surface area contributed by atoms with Crippen LogP contribution in [0, 0.1) is 13.8 Å². The summed E-state index contributed by atoms with van der Waals surface area (Å²) in [6.07, 6.45) is -0.388. The first-order valence-corrected chi connectivity index (χ1v) is 11.6. The predicted octanol–water partition coefficient (Wildman–Crippen LogP) is 3.02. The van der Waals surface area contributed by atoms with E-state index in [1.54, 1.807) is 47.9 Å². The molecule has 0 atom stereocenters. The molecule has 1 fully saturated rings. The minimum Gasteiger partial charge on any atom is -0.450 e. The lowest BCUT2D eigenvalue weighted by Gasteiger charge is -2.34. The Labute approximate surface area is 182 Å². The average Bonchev–Trinajstić information content (AvgIpc) is 2.73. The first kappa shape index (κ1) is 22.6. The Bertz CT molecular complexity index is 1080. The quantitative estimate of drug-likeness (QED) is 0.763. The van der Waals surface area contributed by atoms with Crippen molar-refractivity contribution in [3.63, 3.8) is 0 Å². The number of benzene rings is 2. The van der Waals surface area contributed by atoms with Crippen LogP contribution >= 0.6 is 0 Å². The Balaban J connectivity index is 1.76. The lowest BCUT2D eigenvalue weighted by Crippen LogP contribution is -2.50. The maximum absolute atomic E-state index is 13.1. The molecule has 3 rings (SSSR count). The summed E-state index contributed by atoms with van der Waals surface area (Å²) in [5.41, 5.74) is 2.41. The highest BCUT2D eigenvalue weighted by Crippen LogP contribution is 2.21. The van der Waals surface area contributed by atoms with Crippen LogP contribution in [0.3, 0.4) is 0 Å². The third-order valence-corrected chi connectivity index (χ3v) is 6.49. The Morgan fingerprint density at radius 2 is 1.68 bits per heavy atom. The second-order valence-electron chi connectivity index (χ2n) is 7.43. The van der Waals surface area contributed by atoms with E-state index < -0.39 is 10.0 Å². The molecule has 0 unspecified atom stereocenters. The monoisotopic (exact) mass is 445 g/mol. The highest BCUT2D eigenvalue weighted by atomic mass is 32.2. The summed E-state index contributed by atoms with van der Waals surface area (Å²) in [5, 5.41) is 0. The molecule has 166 valence electrons. The van der Waals surface area contributed by atoms with Crippen LogP contribution in [0.2, 0.25) is 0 Å². The number of hydrogen-bond acceptors (Lipinski definition) is 5. The Morgan fingerprint density at radius 3 is 2.32 bits per heavy atom. The minimum absolute atomic E-state index is 0.0214. The van der Waals surface area contributed by atoms with Gasteiger partial charge in [0.1, 0.15) is 0 Å². The van der Waals surface area contributed by atoms with Gasteiger partial charge >= 0.3 is 6.09 Å². The van der Waals surface area contributed by atoms with Crippen LogP contribution in [-0.2, 0) is 14.8 Å². The van der Waals surface area contributed by atoms with Crippen molar-refractivity contribution in [2.24, 2.45) is 0 Å². The van der Waals surface area contributed by atoms with E-state index >= 15 is 0 Å². The Morgan fingerprint density at radius 1 is 1.00 bits per heavy atom. The molecule has 1 N–H and O–H groups in total. The second-order valence-corrected chi connectivity index (χ2v) is 9.11. The van der Waals surface area contributed by atoms with Crippen molar-refractivity contribution in [2.75, 3.05) is 37.5 Å². The summed E-state index contributed by atoms with van der Waals surface area (Å²) in [5.74, 6) is -0.256. The van der Waals surface area contributed by atoms with Crippen LogP contribution in [0.25, 0.3) is 0 Å². The number of nitrogens with zero attached hydrogens (tertiary/aromatic N) is 2. The topological polar surface area (TPSA) is 96.0 Å². The third-order valence-electron chi connectivity index (χ3n) is 5.11. The van der Waals surface area contributed by atoms with Crippen LogP contribution in [0.1, 0.15) is 28.4 Å². The summed E-state index contributed by atoms with van der Waals surface area (Å²) in [4.78, 5) is 28.1. The molecule has 0 spiro atoms. The number of amides is 2. The van der Waals surface area contributed by atoms with Crippen LogP contribution in [0.5, 0.6) is 0 Å². The molecule has 1 saturated heterocycles. The molecular formula is C22H27N3O5S. The molecule has 0 saturated carbocycles. The van der Waals surface area contributed by atoms with E-state index in [2.05, 4.69) is 4.72 Å². The van der Waals surface area contributed by atoms with Crippen molar-refractivity contribution in [1.82, 2.24) is 9.80 Å². The van der Waals surface area contributed by atoms with E-state index in [1.807, 2.05) is 13.0 Å². The molecule has 0 aromatic heterocycles. The number of rotatable bonds is 5. The Kier molecular flexibility index (Phi) is 6.84. The molecule has 0 bridgehead atoms. The van der Waals surface area contributed by atoms with Crippen LogP contribution < -0.4 is 4.72 Å². The van der Waals surface area contributed by atoms with E-state index in [0.717, 1.165) is 5.56 Å². The van der Waals surface area contributed by atoms with E-state index in [-0.39, 0.29) is 16.9 Å². The number of nitrogens with one attached hydrogen (secondary N) is 1. The van der Waals surface area contributed by atoms with Gasteiger partial charge in [-0.15, -0.1) is 0 Å². The average molecular weight is 446 g/mol. The largest absolute Gasteiger partial charge is 0.450 e.